The minimum Gasteiger partial charge on any atom is -0.307 e. The number of para-hydroxylation sites is 1. The highest BCUT2D eigenvalue weighted by Crippen LogP contribution is 2.34. The van der Waals surface area contributed by atoms with E-state index in [2.05, 4.69) is 11.1 Å². The number of carbonyl (C=O) groups is 1. The number of anilines is 1. The van der Waals surface area contributed by atoms with E-state index < -0.39 is 0 Å². The minimum absolute atomic E-state index is 0.0347. The molecule has 1 aromatic carbocycles. The van der Waals surface area contributed by atoms with Crippen LogP contribution < -0.4 is 4.90 Å². The van der Waals surface area contributed by atoms with Crippen LogP contribution in [0.2, 0.25) is 0 Å². The number of benzene rings is 1. The number of nitrogens with zero attached hydrogens (tertiary/aromatic N) is 2. The van der Waals surface area contributed by atoms with E-state index in [1.165, 1.54) is 4.90 Å². The van der Waals surface area contributed by atoms with Gasteiger partial charge in [-0.3, -0.25) is 9.78 Å². The maximum Gasteiger partial charge on any atom is 0.259 e. The van der Waals surface area contributed by atoms with Gasteiger partial charge in [-0.15, -0.1) is 11.8 Å². The van der Waals surface area contributed by atoms with E-state index in [0.717, 1.165) is 30.1 Å². The first-order valence-electron chi connectivity index (χ1n) is 6.72. The first-order chi connectivity index (χ1) is 9.75. The van der Waals surface area contributed by atoms with Crippen molar-refractivity contribution in [2.75, 3.05) is 17.2 Å². The third kappa shape index (κ3) is 2.56. The number of rotatable bonds is 1. The lowest BCUT2D eigenvalue weighted by molar-refractivity contribution is 0.0986. The number of amides is 1. The standard InChI is InChI=1S/C16H16N2OS/c1-12-7-8-13(11-17-12)16(19)18-9-4-10-20-15-6-3-2-5-14(15)18/h2-3,5-8,11H,4,9-10H2,1H3. The average molecular weight is 284 g/mol. The summed E-state index contributed by atoms with van der Waals surface area (Å²) in [5, 5.41) is 0. The Morgan fingerprint density at radius 2 is 2.10 bits per heavy atom. The summed E-state index contributed by atoms with van der Waals surface area (Å²) in [6, 6.07) is 11.8. The average Bonchev–Trinajstić information content (AvgIpc) is 2.69. The van der Waals surface area contributed by atoms with Crippen LogP contribution in [0.25, 0.3) is 0 Å². The van der Waals surface area contributed by atoms with Gasteiger partial charge in [-0.2, -0.15) is 0 Å². The number of carbonyl (C=O) groups excluding carboxylic acids is 1. The summed E-state index contributed by atoms with van der Waals surface area (Å²) in [7, 11) is 0. The van der Waals surface area contributed by atoms with E-state index in [1.54, 1.807) is 6.20 Å². The number of hydrogen-bond acceptors (Lipinski definition) is 3. The van der Waals surface area contributed by atoms with Crippen LogP contribution in [-0.2, 0) is 0 Å². The summed E-state index contributed by atoms with van der Waals surface area (Å²) in [5.74, 6) is 1.08. The van der Waals surface area contributed by atoms with Crippen molar-refractivity contribution in [3.05, 3.63) is 53.9 Å². The van der Waals surface area contributed by atoms with Gasteiger partial charge >= 0.3 is 0 Å². The van der Waals surface area contributed by atoms with Gasteiger partial charge < -0.3 is 4.90 Å². The monoisotopic (exact) mass is 284 g/mol. The zero-order chi connectivity index (χ0) is 13.9. The topological polar surface area (TPSA) is 33.2 Å². The molecule has 1 amide bonds. The second-order valence-electron chi connectivity index (χ2n) is 4.81. The van der Waals surface area contributed by atoms with E-state index in [0.29, 0.717) is 5.56 Å². The van der Waals surface area contributed by atoms with Gasteiger partial charge in [0.1, 0.15) is 0 Å². The third-order valence-electron chi connectivity index (χ3n) is 3.34. The molecule has 1 aliphatic rings. The van der Waals surface area contributed by atoms with Crippen LogP contribution in [0.1, 0.15) is 22.5 Å². The highest BCUT2D eigenvalue weighted by Gasteiger charge is 2.22. The molecule has 0 unspecified atom stereocenters. The van der Waals surface area contributed by atoms with Crippen molar-refractivity contribution < 1.29 is 4.79 Å². The van der Waals surface area contributed by atoms with Crippen molar-refractivity contribution in [2.24, 2.45) is 0 Å². The van der Waals surface area contributed by atoms with Gasteiger partial charge in [0.05, 0.1) is 11.3 Å². The van der Waals surface area contributed by atoms with Crippen LogP contribution in [0.15, 0.2) is 47.5 Å². The normalized spacial score (nSPS) is 14.6. The van der Waals surface area contributed by atoms with Crippen LogP contribution in [-0.4, -0.2) is 23.2 Å². The van der Waals surface area contributed by atoms with E-state index in [4.69, 9.17) is 0 Å². The molecule has 20 heavy (non-hydrogen) atoms. The van der Waals surface area contributed by atoms with E-state index >= 15 is 0 Å². The Bertz CT molecular complexity index is 625. The summed E-state index contributed by atoms with van der Waals surface area (Å²) in [5.41, 5.74) is 2.59. The fourth-order valence-electron chi connectivity index (χ4n) is 2.29. The molecule has 102 valence electrons. The SMILES string of the molecule is Cc1ccc(C(=O)N2CCCSc3ccccc32)cn1. The molecule has 1 aliphatic heterocycles. The number of pyridine rings is 1. The van der Waals surface area contributed by atoms with E-state index in [1.807, 2.05) is 53.9 Å². The summed E-state index contributed by atoms with van der Waals surface area (Å²) in [4.78, 5) is 20.0. The van der Waals surface area contributed by atoms with Crippen molar-refractivity contribution in [2.45, 2.75) is 18.2 Å². The van der Waals surface area contributed by atoms with Crippen molar-refractivity contribution in [3.8, 4) is 0 Å². The summed E-state index contributed by atoms with van der Waals surface area (Å²) < 4.78 is 0. The molecule has 0 saturated carbocycles. The first kappa shape index (κ1) is 13.2. The Morgan fingerprint density at radius 3 is 2.90 bits per heavy atom. The fourth-order valence-corrected chi connectivity index (χ4v) is 3.28. The molecule has 2 aromatic rings. The molecule has 0 fully saturated rings. The zero-order valence-corrected chi connectivity index (χ0v) is 12.2. The van der Waals surface area contributed by atoms with Crippen LogP contribution in [0.4, 0.5) is 5.69 Å². The molecule has 0 N–H and O–H groups in total. The maximum absolute atomic E-state index is 12.7. The second kappa shape index (κ2) is 5.67. The Hall–Kier alpha value is -1.81. The molecule has 0 saturated heterocycles. The maximum atomic E-state index is 12.7. The zero-order valence-electron chi connectivity index (χ0n) is 11.4. The van der Waals surface area contributed by atoms with Crippen molar-refractivity contribution in [3.63, 3.8) is 0 Å². The number of aromatic nitrogens is 1. The van der Waals surface area contributed by atoms with Crippen molar-refractivity contribution in [1.29, 1.82) is 0 Å². The molecule has 3 rings (SSSR count). The number of aryl methyl sites for hydroxylation is 1. The summed E-state index contributed by atoms with van der Waals surface area (Å²) >= 11 is 1.82. The molecule has 0 aliphatic carbocycles. The second-order valence-corrected chi connectivity index (χ2v) is 5.95. The fraction of sp³-hybridized carbons (Fsp3) is 0.250. The van der Waals surface area contributed by atoms with Gasteiger partial charge in [0.2, 0.25) is 0 Å². The molecule has 0 bridgehead atoms. The molecular weight excluding hydrogens is 268 g/mol. The molecule has 0 radical (unpaired) electrons. The molecule has 4 heteroatoms. The van der Waals surface area contributed by atoms with E-state index in [-0.39, 0.29) is 5.91 Å². The van der Waals surface area contributed by atoms with Crippen molar-refractivity contribution in [1.82, 2.24) is 4.98 Å². The molecule has 2 heterocycles. The van der Waals surface area contributed by atoms with Crippen LogP contribution in [0, 0.1) is 6.92 Å². The molecule has 1 aromatic heterocycles. The lowest BCUT2D eigenvalue weighted by atomic mass is 10.2. The van der Waals surface area contributed by atoms with Crippen LogP contribution in [0.3, 0.4) is 0 Å². The highest BCUT2D eigenvalue weighted by atomic mass is 32.2. The Kier molecular flexibility index (Phi) is 3.74. The van der Waals surface area contributed by atoms with Gasteiger partial charge in [0.15, 0.2) is 0 Å². The van der Waals surface area contributed by atoms with Crippen LogP contribution in [0.5, 0.6) is 0 Å². The van der Waals surface area contributed by atoms with Crippen molar-refractivity contribution >= 4 is 23.4 Å². The van der Waals surface area contributed by atoms with Gasteiger partial charge in [-0.25, -0.2) is 0 Å². The number of thioether (sulfide) groups is 1. The largest absolute Gasteiger partial charge is 0.307 e. The van der Waals surface area contributed by atoms with Gasteiger partial charge in [-0.05, 0) is 43.4 Å². The minimum atomic E-state index is 0.0347. The number of hydrogen-bond donors (Lipinski definition) is 0. The molecular formula is C16H16N2OS. The van der Waals surface area contributed by atoms with Crippen LogP contribution >= 0.6 is 11.8 Å². The predicted molar refractivity (Wildman–Crippen MR) is 82.4 cm³/mol. The smallest absolute Gasteiger partial charge is 0.259 e. The van der Waals surface area contributed by atoms with Gasteiger partial charge in [0.25, 0.3) is 5.91 Å². The number of fused-ring (bicyclic) bond motifs is 1. The summed E-state index contributed by atoms with van der Waals surface area (Å²) in [6.45, 7) is 2.68. The Labute approximate surface area is 123 Å². The highest BCUT2D eigenvalue weighted by molar-refractivity contribution is 7.99. The molecule has 0 atom stereocenters. The van der Waals surface area contributed by atoms with Gasteiger partial charge in [-0.1, -0.05) is 12.1 Å². The summed E-state index contributed by atoms with van der Waals surface area (Å²) in [6.07, 6.45) is 2.67. The van der Waals surface area contributed by atoms with Gasteiger partial charge in [0, 0.05) is 23.3 Å². The lowest BCUT2D eigenvalue weighted by Crippen LogP contribution is -2.31. The molecule has 3 nitrogen and oxygen atoms in total. The van der Waals surface area contributed by atoms with E-state index in [9.17, 15) is 4.79 Å². The predicted octanol–water partition coefficient (Wildman–Crippen LogP) is 3.53. The Morgan fingerprint density at radius 1 is 1.25 bits per heavy atom. The molecule has 0 spiro atoms. The Balaban J connectivity index is 1.97. The third-order valence-corrected chi connectivity index (χ3v) is 4.49. The quantitative estimate of drug-likeness (QED) is 0.803. The lowest BCUT2D eigenvalue weighted by Gasteiger charge is -2.22. The first-order valence-corrected chi connectivity index (χ1v) is 7.70.